The molecule has 2 aromatic carbocycles. The van der Waals surface area contributed by atoms with Gasteiger partial charge in [-0.15, -0.1) is 0 Å². The van der Waals surface area contributed by atoms with Crippen LogP contribution in [0.5, 0.6) is 0 Å². The number of hydrogen-bond acceptors (Lipinski definition) is 4. The SMILES string of the molecule is N#C/C(=C\c1ccccc1[N+](=O)[O-])C(=O)Nc1ccccc1Cl. The van der Waals surface area contributed by atoms with Crippen molar-refractivity contribution in [3.8, 4) is 6.07 Å². The predicted molar refractivity (Wildman–Crippen MR) is 86.8 cm³/mol. The smallest absolute Gasteiger partial charge is 0.276 e. The van der Waals surface area contributed by atoms with Gasteiger partial charge in [0.2, 0.25) is 0 Å². The van der Waals surface area contributed by atoms with Crippen molar-refractivity contribution in [3.63, 3.8) is 0 Å². The van der Waals surface area contributed by atoms with Crippen LogP contribution in [0, 0.1) is 21.4 Å². The summed E-state index contributed by atoms with van der Waals surface area (Å²) < 4.78 is 0. The van der Waals surface area contributed by atoms with Gasteiger partial charge in [0.1, 0.15) is 11.6 Å². The van der Waals surface area contributed by atoms with E-state index >= 15 is 0 Å². The zero-order valence-electron chi connectivity index (χ0n) is 11.7. The van der Waals surface area contributed by atoms with Crippen LogP contribution < -0.4 is 5.32 Å². The number of benzene rings is 2. The highest BCUT2D eigenvalue weighted by molar-refractivity contribution is 6.34. The maximum atomic E-state index is 12.2. The highest BCUT2D eigenvalue weighted by Gasteiger charge is 2.15. The summed E-state index contributed by atoms with van der Waals surface area (Å²) in [6.45, 7) is 0. The van der Waals surface area contributed by atoms with Crippen molar-refractivity contribution in [2.24, 2.45) is 0 Å². The van der Waals surface area contributed by atoms with Crippen molar-refractivity contribution in [1.29, 1.82) is 5.26 Å². The predicted octanol–water partition coefficient (Wildman–Crippen LogP) is 3.79. The Kier molecular flexibility index (Phi) is 5.07. The molecule has 23 heavy (non-hydrogen) atoms. The van der Waals surface area contributed by atoms with Gasteiger partial charge < -0.3 is 5.32 Å². The Labute approximate surface area is 136 Å². The summed E-state index contributed by atoms with van der Waals surface area (Å²) in [6.07, 6.45) is 1.17. The van der Waals surface area contributed by atoms with Crippen LogP contribution in [-0.4, -0.2) is 10.8 Å². The van der Waals surface area contributed by atoms with Crippen LogP contribution in [0.2, 0.25) is 5.02 Å². The summed E-state index contributed by atoms with van der Waals surface area (Å²) in [6, 6.07) is 14.1. The molecule has 2 aromatic rings. The molecule has 1 N–H and O–H groups in total. The minimum atomic E-state index is -0.696. The Morgan fingerprint density at radius 3 is 2.52 bits per heavy atom. The van der Waals surface area contributed by atoms with Gasteiger partial charge >= 0.3 is 0 Å². The zero-order chi connectivity index (χ0) is 16.8. The molecule has 0 aliphatic rings. The Hall–Kier alpha value is -3.17. The van der Waals surface area contributed by atoms with E-state index in [4.69, 9.17) is 16.9 Å². The fraction of sp³-hybridized carbons (Fsp3) is 0. The summed E-state index contributed by atoms with van der Waals surface area (Å²) in [5.41, 5.74) is 0.0660. The van der Waals surface area contributed by atoms with Crippen molar-refractivity contribution in [2.75, 3.05) is 5.32 Å². The average Bonchev–Trinajstić information content (AvgIpc) is 2.54. The number of hydrogen-bond donors (Lipinski definition) is 1. The molecule has 0 bridgehead atoms. The van der Waals surface area contributed by atoms with Gasteiger partial charge in [0.05, 0.1) is 21.2 Å². The van der Waals surface area contributed by atoms with Gasteiger partial charge in [-0.1, -0.05) is 35.9 Å². The number of nitro benzene ring substituents is 1. The van der Waals surface area contributed by atoms with E-state index < -0.39 is 10.8 Å². The fourth-order valence-corrected chi connectivity index (χ4v) is 2.02. The first-order valence-corrected chi connectivity index (χ1v) is 6.82. The number of nitrogens with zero attached hydrogens (tertiary/aromatic N) is 2. The summed E-state index contributed by atoms with van der Waals surface area (Å²) in [5.74, 6) is -0.696. The summed E-state index contributed by atoms with van der Waals surface area (Å²) >= 11 is 5.94. The van der Waals surface area contributed by atoms with E-state index in [0.29, 0.717) is 10.7 Å². The van der Waals surface area contributed by atoms with E-state index in [1.165, 1.54) is 24.3 Å². The number of halogens is 1. The third-order valence-corrected chi connectivity index (χ3v) is 3.25. The molecular formula is C16H10ClN3O3. The molecule has 7 heteroatoms. The van der Waals surface area contributed by atoms with E-state index in [2.05, 4.69) is 5.32 Å². The Bertz CT molecular complexity index is 840. The van der Waals surface area contributed by atoms with Crippen molar-refractivity contribution >= 4 is 35.0 Å². The first-order valence-electron chi connectivity index (χ1n) is 6.44. The third kappa shape index (κ3) is 3.93. The molecule has 1 amide bonds. The lowest BCUT2D eigenvalue weighted by Crippen LogP contribution is -2.13. The van der Waals surface area contributed by atoms with Gasteiger partial charge in [-0.25, -0.2) is 0 Å². The van der Waals surface area contributed by atoms with Gasteiger partial charge in [-0.3, -0.25) is 14.9 Å². The number of carbonyl (C=O) groups excluding carboxylic acids is 1. The van der Waals surface area contributed by atoms with Crippen LogP contribution in [0.15, 0.2) is 54.1 Å². The van der Waals surface area contributed by atoms with E-state index in [-0.39, 0.29) is 16.8 Å². The number of anilines is 1. The molecule has 2 rings (SSSR count). The molecule has 0 saturated heterocycles. The van der Waals surface area contributed by atoms with Gasteiger partial charge in [0.25, 0.3) is 11.6 Å². The first kappa shape index (κ1) is 16.2. The Balaban J connectivity index is 2.33. The summed E-state index contributed by atoms with van der Waals surface area (Å²) in [4.78, 5) is 22.5. The lowest BCUT2D eigenvalue weighted by atomic mass is 10.1. The highest BCUT2D eigenvalue weighted by Crippen LogP contribution is 2.23. The number of carbonyl (C=O) groups is 1. The lowest BCUT2D eigenvalue weighted by Gasteiger charge is -2.06. The van der Waals surface area contributed by atoms with Crippen LogP contribution in [0.1, 0.15) is 5.56 Å². The molecule has 114 valence electrons. The van der Waals surface area contributed by atoms with Crippen LogP contribution in [0.3, 0.4) is 0 Å². The molecule has 0 atom stereocenters. The minimum absolute atomic E-state index is 0.170. The Morgan fingerprint density at radius 2 is 1.87 bits per heavy atom. The number of rotatable bonds is 4. The van der Waals surface area contributed by atoms with Crippen LogP contribution in [0.25, 0.3) is 6.08 Å². The maximum absolute atomic E-state index is 12.2. The largest absolute Gasteiger partial charge is 0.320 e. The zero-order valence-corrected chi connectivity index (χ0v) is 12.4. The maximum Gasteiger partial charge on any atom is 0.276 e. The number of amides is 1. The van der Waals surface area contributed by atoms with Crippen LogP contribution in [0.4, 0.5) is 11.4 Å². The number of nitriles is 1. The Morgan fingerprint density at radius 1 is 1.22 bits per heavy atom. The molecule has 0 unspecified atom stereocenters. The molecule has 0 radical (unpaired) electrons. The van der Waals surface area contributed by atoms with E-state index in [1.807, 2.05) is 0 Å². The van der Waals surface area contributed by atoms with Gasteiger partial charge in [-0.2, -0.15) is 5.26 Å². The van der Waals surface area contributed by atoms with Gasteiger partial charge in [-0.05, 0) is 24.3 Å². The van der Waals surface area contributed by atoms with E-state index in [0.717, 1.165) is 0 Å². The monoisotopic (exact) mass is 327 g/mol. The quantitative estimate of drug-likeness (QED) is 0.400. The number of para-hydroxylation sites is 2. The molecule has 0 aromatic heterocycles. The molecular weight excluding hydrogens is 318 g/mol. The first-order chi connectivity index (χ1) is 11.0. The van der Waals surface area contributed by atoms with Crippen molar-refractivity contribution in [2.45, 2.75) is 0 Å². The number of nitrogens with one attached hydrogen (secondary N) is 1. The second-order valence-corrected chi connectivity index (χ2v) is 4.83. The van der Waals surface area contributed by atoms with Crippen molar-refractivity contribution in [1.82, 2.24) is 0 Å². The summed E-state index contributed by atoms with van der Waals surface area (Å²) in [7, 11) is 0. The van der Waals surface area contributed by atoms with E-state index in [1.54, 1.807) is 36.4 Å². The average molecular weight is 328 g/mol. The molecule has 0 aliphatic heterocycles. The van der Waals surface area contributed by atoms with E-state index in [9.17, 15) is 14.9 Å². The molecule has 0 saturated carbocycles. The highest BCUT2D eigenvalue weighted by atomic mass is 35.5. The molecule has 0 spiro atoms. The van der Waals surface area contributed by atoms with Crippen molar-refractivity contribution < 1.29 is 9.72 Å². The second-order valence-electron chi connectivity index (χ2n) is 4.42. The fourth-order valence-electron chi connectivity index (χ4n) is 1.83. The molecule has 0 heterocycles. The molecule has 0 aliphatic carbocycles. The normalized spacial score (nSPS) is 10.7. The van der Waals surface area contributed by atoms with Crippen LogP contribution >= 0.6 is 11.6 Å². The van der Waals surface area contributed by atoms with Gasteiger partial charge in [0.15, 0.2) is 0 Å². The van der Waals surface area contributed by atoms with Gasteiger partial charge in [0, 0.05) is 6.07 Å². The standard InChI is InChI=1S/C16H10ClN3O3/c17-13-6-2-3-7-14(13)19-16(21)12(10-18)9-11-5-1-4-8-15(11)20(22)23/h1-9H,(H,19,21)/b12-9+. The molecule has 0 fully saturated rings. The van der Waals surface area contributed by atoms with Crippen molar-refractivity contribution in [3.05, 3.63) is 74.8 Å². The minimum Gasteiger partial charge on any atom is -0.320 e. The lowest BCUT2D eigenvalue weighted by molar-refractivity contribution is -0.385. The second kappa shape index (κ2) is 7.20. The van der Waals surface area contributed by atoms with Crippen LogP contribution in [-0.2, 0) is 4.79 Å². The number of nitro groups is 1. The summed E-state index contributed by atoms with van der Waals surface area (Å²) in [5, 5.41) is 22.9. The molecule has 6 nitrogen and oxygen atoms in total. The topological polar surface area (TPSA) is 96.0 Å². The third-order valence-electron chi connectivity index (χ3n) is 2.92.